The summed E-state index contributed by atoms with van der Waals surface area (Å²) in [6.45, 7) is 1.21. The highest BCUT2D eigenvalue weighted by atomic mass is 127. The van der Waals surface area contributed by atoms with Crippen molar-refractivity contribution in [2.75, 3.05) is 24.1 Å². The molecule has 0 aliphatic carbocycles. The molecule has 2 rings (SSSR count). The highest BCUT2D eigenvalue weighted by Crippen LogP contribution is 2.31. The Morgan fingerprint density at radius 1 is 1.45 bits per heavy atom. The monoisotopic (exact) mass is 429 g/mol. The Labute approximate surface area is 141 Å². The van der Waals surface area contributed by atoms with Crippen molar-refractivity contribution in [3.8, 4) is 0 Å². The summed E-state index contributed by atoms with van der Waals surface area (Å²) in [5, 5.41) is 10.2. The molecule has 1 saturated heterocycles. The zero-order chi connectivity index (χ0) is 14.7. The number of nitrogens with zero attached hydrogens (tertiary/aromatic N) is 1. The third-order valence-electron chi connectivity index (χ3n) is 3.35. The molecule has 1 fully saturated rings. The second kappa shape index (κ2) is 7.15. The van der Waals surface area contributed by atoms with Crippen molar-refractivity contribution in [2.45, 2.75) is 12.0 Å². The lowest BCUT2D eigenvalue weighted by Gasteiger charge is -2.26. The minimum Gasteiger partial charge on any atom is -0.465 e. The average Bonchev–Trinajstić information content (AvgIpc) is 2.64. The zero-order valence-electron chi connectivity index (χ0n) is 10.6. The number of benzene rings is 1. The molecule has 0 saturated carbocycles. The molecule has 2 atom stereocenters. The molecule has 20 heavy (non-hydrogen) atoms. The van der Waals surface area contributed by atoms with Crippen molar-refractivity contribution in [2.24, 2.45) is 0 Å². The number of ether oxygens (including phenoxy) is 1. The lowest BCUT2D eigenvalue weighted by molar-refractivity contribution is 0.0694. The number of rotatable bonds is 2. The number of alkyl halides is 1. The summed E-state index contributed by atoms with van der Waals surface area (Å²) in [5.41, 5.74) is 0.953. The van der Waals surface area contributed by atoms with E-state index in [0.29, 0.717) is 29.7 Å². The Bertz CT molecular complexity index is 501. The SMILES string of the molecule is O=C(O)N1CCO[C@H](CI)[C@H](c2ccc(Cl)c(Cl)c2)C1. The number of amides is 1. The van der Waals surface area contributed by atoms with Crippen LogP contribution in [-0.2, 0) is 4.74 Å². The van der Waals surface area contributed by atoms with Crippen LogP contribution >= 0.6 is 45.8 Å². The minimum absolute atomic E-state index is 0.0304. The molecule has 1 aromatic carbocycles. The van der Waals surface area contributed by atoms with E-state index < -0.39 is 6.09 Å². The molecule has 7 heteroatoms. The summed E-state index contributed by atoms with van der Waals surface area (Å²) < 4.78 is 6.57. The average molecular weight is 430 g/mol. The van der Waals surface area contributed by atoms with Gasteiger partial charge in [0.25, 0.3) is 0 Å². The molecule has 1 heterocycles. The Hall–Kier alpha value is -0.240. The van der Waals surface area contributed by atoms with Gasteiger partial charge in [-0.25, -0.2) is 4.79 Å². The van der Waals surface area contributed by atoms with Gasteiger partial charge in [0, 0.05) is 23.4 Å². The van der Waals surface area contributed by atoms with Crippen LogP contribution in [0, 0.1) is 0 Å². The first-order valence-electron chi connectivity index (χ1n) is 6.13. The summed E-state index contributed by atoms with van der Waals surface area (Å²) in [7, 11) is 0. The first-order chi connectivity index (χ1) is 9.52. The maximum absolute atomic E-state index is 11.2. The Morgan fingerprint density at radius 2 is 2.20 bits per heavy atom. The highest BCUT2D eigenvalue weighted by Gasteiger charge is 2.30. The van der Waals surface area contributed by atoms with Crippen molar-refractivity contribution >= 4 is 51.9 Å². The highest BCUT2D eigenvalue weighted by molar-refractivity contribution is 14.1. The maximum Gasteiger partial charge on any atom is 0.407 e. The van der Waals surface area contributed by atoms with Gasteiger partial charge in [-0.1, -0.05) is 51.9 Å². The van der Waals surface area contributed by atoms with Gasteiger partial charge >= 0.3 is 6.09 Å². The molecule has 4 nitrogen and oxygen atoms in total. The van der Waals surface area contributed by atoms with E-state index in [-0.39, 0.29) is 12.0 Å². The Kier molecular flexibility index (Phi) is 5.77. The molecule has 0 spiro atoms. The molecule has 1 amide bonds. The quantitative estimate of drug-likeness (QED) is 0.573. The molecular formula is C13H14Cl2INO3. The number of carbonyl (C=O) groups is 1. The number of carboxylic acid groups (broad SMARTS) is 1. The maximum atomic E-state index is 11.2. The zero-order valence-corrected chi connectivity index (χ0v) is 14.2. The summed E-state index contributed by atoms with van der Waals surface area (Å²) in [6.07, 6.45) is -0.954. The van der Waals surface area contributed by atoms with Gasteiger partial charge in [-0.3, -0.25) is 0 Å². The summed E-state index contributed by atoms with van der Waals surface area (Å²) in [6, 6.07) is 5.41. The van der Waals surface area contributed by atoms with Crippen LogP contribution in [0.3, 0.4) is 0 Å². The predicted molar refractivity (Wildman–Crippen MR) is 87.4 cm³/mol. The first-order valence-corrected chi connectivity index (χ1v) is 8.41. The number of hydrogen-bond acceptors (Lipinski definition) is 2. The van der Waals surface area contributed by atoms with Gasteiger partial charge in [0.15, 0.2) is 0 Å². The van der Waals surface area contributed by atoms with Crippen LogP contribution in [0.1, 0.15) is 11.5 Å². The molecule has 1 aliphatic heterocycles. The van der Waals surface area contributed by atoms with Crippen molar-refractivity contribution in [3.05, 3.63) is 33.8 Å². The summed E-state index contributed by atoms with van der Waals surface area (Å²) in [5.74, 6) is -0.0414. The van der Waals surface area contributed by atoms with E-state index in [2.05, 4.69) is 22.6 Å². The van der Waals surface area contributed by atoms with E-state index in [0.717, 1.165) is 9.99 Å². The van der Waals surface area contributed by atoms with Gasteiger partial charge in [0.05, 0.1) is 22.8 Å². The molecular weight excluding hydrogens is 416 g/mol. The van der Waals surface area contributed by atoms with Crippen molar-refractivity contribution < 1.29 is 14.6 Å². The van der Waals surface area contributed by atoms with E-state index in [4.69, 9.17) is 27.9 Å². The Balaban J connectivity index is 2.31. The molecule has 0 radical (unpaired) electrons. The third-order valence-corrected chi connectivity index (χ3v) is 4.96. The Morgan fingerprint density at radius 3 is 2.80 bits per heavy atom. The van der Waals surface area contributed by atoms with Gasteiger partial charge in [-0.2, -0.15) is 0 Å². The summed E-state index contributed by atoms with van der Waals surface area (Å²) >= 11 is 14.2. The molecule has 0 aromatic heterocycles. The van der Waals surface area contributed by atoms with E-state index >= 15 is 0 Å². The van der Waals surface area contributed by atoms with E-state index in [9.17, 15) is 9.90 Å². The molecule has 1 aliphatic rings. The molecule has 0 bridgehead atoms. The molecule has 1 aromatic rings. The van der Waals surface area contributed by atoms with Crippen molar-refractivity contribution in [1.29, 1.82) is 0 Å². The van der Waals surface area contributed by atoms with Crippen molar-refractivity contribution in [3.63, 3.8) is 0 Å². The van der Waals surface area contributed by atoms with Crippen LogP contribution in [0.4, 0.5) is 4.79 Å². The number of halogens is 3. The first kappa shape index (κ1) is 16.1. The third kappa shape index (κ3) is 3.69. The van der Waals surface area contributed by atoms with Crippen LogP contribution < -0.4 is 0 Å². The van der Waals surface area contributed by atoms with Crippen LogP contribution in [0.5, 0.6) is 0 Å². The largest absolute Gasteiger partial charge is 0.465 e. The fraction of sp³-hybridized carbons (Fsp3) is 0.462. The van der Waals surface area contributed by atoms with Gasteiger partial charge in [-0.15, -0.1) is 0 Å². The van der Waals surface area contributed by atoms with Crippen LogP contribution in [0.2, 0.25) is 10.0 Å². The summed E-state index contributed by atoms with van der Waals surface area (Å²) in [4.78, 5) is 12.6. The van der Waals surface area contributed by atoms with Gasteiger partial charge in [0.1, 0.15) is 0 Å². The van der Waals surface area contributed by atoms with Crippen molar-refractivity contribution in [1.82, 2.24) is 4.90 Å². The second-order valence-electron chi connectivity index (χ2n) is 4.57. The minimum atomic E-state index is -0.923. The lowest BCUT2D eigenvalue weighted by atomic mass is 9.94. The van der Waals surface area contributed by atoms with E-state index in [1.54, 1.807) is 12.1 Å². The smallest absolute Gasteiger partial charge is 0.407 e. The van der Waals surface area contributed by atoms with Gasteiger partial charge < -0.3 is 14.7 Å². The fourth-order valence-corrected chi connectivity index (χ4v) is 3.44. The van der Waals surface area contributed by atoms with Gasteiger partial charge in [-0.05, 0) is 17.7 Å². The predicted octanol–water partition coefficient (Wildman–Crippen LogP) is 3.89. The normalized spacial score (nSPS) is 23.4. The molecule has 1 N–H and O–H groups in total. The van der Waals surface area contributed by atoms with Crippen LogP contribution in [0.25, 0.3) is 0 Å². The van der Waals surface area contributed by atoms with E-state index in [1.165, 1.54) is 4.90 Å². The molecule has 110 valence electrons. The van der Waals surface area contributed by atoms with Crippen LogP contribution in [-0.4, -0.2) is 46.3 Å². The fourth-order valence-electron chi connectivity index (χ4n) is 2.27. The number of hydrogen-bond donors (Lipinski definition) is 1. The second-order valence-corrected chi connectivity index (χ2v) is 6.27. The molecule has 0 unspecified atom stereocenters. The standard InChI is InChI=1S/C13H14Cl2INO3/c14-10-2-1-8(5-11(10)15)9-7-17(13(18)19)3-4-20-12(9)6-16/h1-2,5,9,12H,3-4,6-7H2,(H,18,19)/t9-,12+/m0/s1. The lowest BCUT2D eigenvalue weighted by Crippen LogP contribution is -2.35. The van der Waals surface area contributed by atoms with Crippen LogP contribution in [0.15, 0.2) is 18.2 Å². The topological polar surface area (TPSA) is 49.8 Å². The van der Waals surface area contributed by atoms with Gasteiger partial charge in [0.2, 0.25) is 0 Å². The van der Waals surface area contributed by atoms with E-state index in [1.807, 2.05) is 6.07 Å².